The number of ether oxygens (including phenoxy) is 2. The number of benzene rings is 3. The van der Waals surface area contributed by atoms with Gasteiger partial charge in [-0.3, -0.25) is 14.5 Å². The number of nitrogens with zero attached hydrogens (tertiary/aromatic N) is 2. The summed E-state index contributed by atoms with van der Waals surface area (Å²) in [4.78, 5) is 32.8. The van der Waals surface area contributed by atoms with Crippen LogP contribution in [-0.4, -0.2) is 35.0 Å². The molecule has 0 spiro atoms. The van der Waals surface area contributed by atoms with E-state index in [1.807, 2.05) is 19.9 Å². The van der Waals surface area contributed by atoms with Gasteiger partial charge in [-0.15, -0.1) is 0 Å². The molecule has 1 unspecified atom stereocenters. The van der Waals surface area contributed by atoms with Crippen molar-refractivity contribution in [3.63, 3.8) is 0 Å². The summed E-state index contributed by atoms with van der Waals surface area (Å²) in [5.74, 6) is -0.663. The summed E-state index contributed by atoms with van der Waals surface area (Å²) in [6, 6.07) is 15.9. The first-order valence-electron chi connectivity index (χ1n) is 11.8. The number of Topliss-reactive ketones (excluding diaryl/α,β-unsaturated/α-hetero) is 1. The van der Waals surface area contributed by atoms with Crippen molar-refractivity contribution in [3.8, 4) is 11.5 Å². The number of aliphatic hydroxyl groups excluding tert-OH is 1. The van der Waals surface area contributed by atoms with E-state index in [0.29, 0.717) is 51.5 Å². The zero-order valence-electron chi connectivity index (χ0n) is 20.4. The van der Waals surface area contributed by atoms with Crippen molar-refractivity contribution < 1.29 is 24.2 Å². The van der Waals surface area contributed by atoms with Crippen molar-refractivity contribution in [1.82, 2.24) is 4.98 Å². The molecule has 1 saturated heterocycles. The van der Waals surface area contributed by atoms with Crippen LogP contribution < -0.4 is 14.4 Å². The van der Waals surface area contributed by atoms with Gasteiger partial charge >= 0.3 is 5.91 Å². The van der Waals surface area contributed by atoms with Gasteiger partial charge in [0, 0.05) is 5.56 Å². The van der Waals surface area contributed by atoms with Gasteiger partial charge < -0.3 is 14.6 Å². The van der Waals surface area contributed by atoms with Crippen molar-refractivity contribution >= 4 is 67.3 Å². The first-order valence-corrected chi connectivity index (χ1v) is 13.4. The summed E-state index contributed by atoms with van der Waals surface area (Å²) >= 11 is 13.7. The van der Waals surface area contributed by atoms with Gasteiger partial charge in [-0.25, -0.2) is 4.98 Å². The molecule has 4 aromatic rings. The molecule has 0 aliphatic carbocycles. The first kappa shape index (κ1) is 26.0. The SMILES string of the molecule is CCOc1ccc(C(O)=C2C(=O)C(=O)N(c3nc4ccc(OCC)cc4s3)C2c2ccc(Cl)c(Cl)c2)cc1. The highest BCUT2D eigenvalue weighted by Crippen LogP contribution is 2.45. The minimum absolute atomic E-state index is 0.0770. The molecular weight excluding hydrogens is 547 g/mol. The minimum Gasteiger partial charge on any atom is -0.507 e. The summed E-state index contributed by atoms with van der Waals surface area (Å²) in [5, 5.41) is 12.2. The third-order valence-electron chi connectivity index (χ3n) is 6.01. The number of hydrogen-bond acceptors (Lipinski definition) is 7. The maximum Gasteiger partial charge on any atom is 0.301 e. The molecule has 1 atom stereocenters. The van der Waals surface area contributed by atoms with Crippen molar-refractivity contribution in [2.75, 3.05) is 18.1 Å². The Bertz CT molecular complexity index is 1580. The van der Waals surface area contributed by atoms with Crippen LogP contribution in [0.1, 0.15) is 31.0 Å². The molecule has 7 nitrogen and oxygen atoms in total. The second-order valence-electron chi connectivity index (χ2n) is 8.36. The number of ketones is 1. The van der Waals surface area contributed by atoms with E-state index < -0.39 is 17.7 Å². The van der Waals surface area contributed by atoms with Gasteiger partial charge in [0.15, 0.2) is 5.13 Å². The molecule has 1 aromatic heterocycles. The Labute approximate surface area is 232 Å². The molecule has 194 valence electrons. The Kier molecular flexibility index (Phi) is 7.29. The fourth-order valence-electron chi connectivity index (χ4n) is 4.31. The number of anilines is 1. The van der Waals surface area contributed by atoms with E-state index in [1.54, 1.807) is 54.6 Å². The highest BCUT2D eigenvalue weighted by molar-refractivity contribution is 7.22. The molecule has 0 bridgehead atoms. The normalized spacial score (nSPS) is 16.8. The van der Waals surface area contributed by atoms with Crippen molar-refractivity contribution in [1.29, 1.82) is 0 Å². The molecule has 5 rings (SSSR count). The molecule has 1 fully saturated rings. The average molecular weight is 569 g/mol. The molecule has 1 aliphatic heterocycles. The molecule has 2 heterocycles. The van der Waals surface area contributed by atoms with E-state index in [4.69, 9.17) is 32.7 Å². The Morgan fingerprint density at radius 3 is 2.32 bits per heavy atom. The van der Waals surface area contributed by atoms with Crippen molar-refractivity contribution in [2.24, 2.45) is 0 Å². The van der Waals surface area contributed by atoms with Crippen LogP contribution in [0.4, 0.5) is 5.13 Å². The Balaban J connectivity index is 1.67. The summed E-state index contributed by atoms with van der Waals surface area (Å²) in [6.45, 7) is 4.76. The van der Waals surface area contributed by atoms with E-state index in [9.17, 15) is 14.7 Å². The molecular formula is C28H22Cl2N2O5S. The number of rotatable bonds is 7. The topological polar surface area (TPSA) is 89.0 Å². The van der Waals surface area contributed by atoms with Gasteiger partial charge in [-0.1, -0.05) is 40.6 Å². The summed E-state index contributed by atoms with van der Waals surface area (Å²) in [6.07, 6.45) is 0. The highest BCUT2D eigenvalue weighted by Gasteiger charge is 2.48. The number of aromatic nitrogens is 1. The van der Waals surface area contributed by atoms with Crippen molar-refractivity contribution in [3.05, 3.63) is 87.4 Å². The van der Waals surface area contributed by atoms with Gasteiger partial charge in [0.25, 0.3) is 5.78 Å². The number of hydrogen-bond donors (Lipinski definition) is 1. The molecule has 3 aromatic carbocycles. The number of carbonyl (C=O) groups excluding carboxylic acids is 2. The third kappa shape index (κ3) is 4.71. The van der Waals surface area contributed by atoms with Gasteiger partial charge in [-0.05, 0) is 74.0 Å². The monoisotopic (exact) mass is 568 g/mol. The van der Waals surface area contributed by atoms with Crippen LogP contribution in [-0.2, 0) is 9.59 Å². The Morgan fingerprint density at radius 2 is 1.63 bits per heavy atom. The zero-order valence-corrected chi connectivity index (χ0v) is 22.7. The molecule has 1 aliphatic rings. The van der Waals surface area contributed by atoms with Gasteiger partial charge in [0.1, 0.15) is 17.3 Å². The number of aliphatic hydroxyl groups is 1. The number of carbonyl (C=O) groups is 2. The van der Waals surface area contributed by atoms with E-state index in [-0.39, 0.29) is 16.4 Å². The van der Waals surface area contributed by atoms with Gasteiger partial charge in [0.05, 0.1) is 45.1 Å². The van der Waals surface area contributed by atoms with E-state index >= 15 is 0 Å². The number of thiazole rings is 1. The van der Waals surface area contributed by atoms with Crippen LogP contribution in [0.5, 0.6) is 11.5 Å². The Morgan fingerprint density at radius 1 is 0.947 bits per heavy atom. The fourth-order valence-corrected chi connectivity index (χ4v) is 5.64. The number of fused-ring (bicyclic) bond motifs is 1. The average Bonchev–Trinajstić information content (AvgIpc) is 3.44. The van der Waals surface area contributed by atoms with Gasteiger partial charge in [-0.2, -0.15) is 0 Å². The third-order valence-corrected chi connectivity index (χ3v) is 7.76. The quantitative estimate of drug-likeness (QED) is 0.146. The summed E-state index contributed by atoms with van der Waals surface area (Å²) in [7, 11) is 0. The Hall–Kier alpha value is -3.59. The van der Waals surface area contributed by atoms with Crippen molar-refractivity contribution in [2.45, 2.75) is 19.9 Å². The highest BCUT2D eigenvalue weighted by atomic mass is 35.5. The zero-order chi connectivity index (χ0) is 27.0. The lowest BCUT2D eigenvalue weighted by Crippen LogP contribution is -2.29. The van der Waals surface area contributed by atoms with Crippen LogP contribution in [0.25, 0.3) is 16.0 Å². The molecule has 0 saturated carbocycles. The second-order valence-corrected chi connectivity index (χ2v) is 10.2. The van der Waals surface area contributed by atoms with Crippen LogP contribution in [0.15, 0.2) is 66.2 Å². The van der Waals surface area contributed by atoms with Crippen LogP contribution in [0.2, 0.25) is 10.0 Å². The van der Waals surface area contributed by atoms with Crippen LogP contribution in [0, 0.1) is 0 Å². The van der Waals surface area contributed by atoms with Crippen LogP contribution >= 0.6 is 34.5 Å². The summed E-state index contributed by atoms with van der Waals surface area (Å²) in [5.41, 5.74) is 1.43. The summed E-state index contributed by atoms with van der Waals surface area (Å²) < 4.78 is 11.9. The van der Waals surface area contributed by atoms with E-state index in [2.05, 4.69) is 4.98 Å². The number of amides is 1. The maximum atomic E-state index is 13.5. The van der Waals surface area contributed by atoms with E-state index in [1.165, 1.54) is 16.2 Å². The fraction of sp³-hybridized carbons (Fsp3) is 0.179. The van der Waals surface area contributed by atoms with E-state index in [0.717, 1.165) is 4.70 Å². The van der Waals surface area contributed by atoms with Crippen LogP contribution in [0.3, 0.4) is 0 Å². The first-order chi connectivity index (χ1) is 18.3. The largest absolute Gasteiger partial charge is 0.507 e. The maximum absolute atomic E-state index is 13.5. The molecule has 0 radical (unpaired) electrons. The lowest BCUT2D eigenvalue weighted by atomic mass is 9.95. The minimum atomic E-state index is -0.983. The second kappa shape index (κ2) is 10.6. The lowest BCUT2D eigenvalue weighted by Gasteiger charge is -2.23. The predicted molar refractivity (Wildman–Crippen MR) is 150 cm³/mol. The smallest absolute Gasteiger partial charge is 0.301 e. The number of halogens is 2. The van der Waals surface area contributed by atoms with Gasteiger partial charge in [0.2, 0.25) is 0 Å². The molecule has 1 amide bonds. The standard InChI is InChI=1S/C28H22Cl2N2O5S/c1-3-36-17-8-5-15(6-9-17)25(33)23-24(16-7-11-19(29)20(30)13-16)32(27(35)26(23)34)28-31-21-12-10-18(37-4-2)14-22(21)38-28/h5-14,24,33H,3-4H2,1-2H3. The molecule has 1 N–H and O–H groups in total. The molecule has 10 heteroatoms. The predicted octanol–water partition coefficient (Wildman–Crippen LogP) is 7.03. The molecule has 38 heavy (non-hydrogen) atoms. The lowest BCUT2D eigenvalue weighted by molar-refractivity contribution is -0.132.